The predicted molar refractivity (Wildman–Crippen MR) is 70.5 cm³/mol. The zero-order valence-electron chi connectivity index (χ0n) is 9.96. The molecule has 1 unspecified atom stereocenters. The van der Waals surface area contributed by atoms with Crippen LogP contribution in [0.15, 0.2) is 22.7 Å². The Balaban J connectivity index is 2.85. The molecule has 1 aromatic carbocycles. The molecule has 0 spiro atoms. The van der Waals surface area contributed by atoms with Crippen molar-refractivity contribution in [2.24, 2.45) is 11.5 Å². The van der Waals surface area contributed by atoms with Crippen LogP contribution in [-0.2, 0) is 0 Å². The first-order chi connectivity index (χ1) is 7.33. The molecule has 0 aromatic heterocycles. The molecule has 0 heterocycles. The SMILES string of the molecule is COc1ccc(C(N)CC(C)(C)N)cc1Br. The Morgan fingerprint density at radius 1 is 1.44 bits per heavy atom. The molecule has 0 bridgehead atoms. The fraction of sp³-hybridized carbons (Fsp3) is 0.500. The second-order valence-electron chi connectivity index (χ2n) is 4.69. The summed E-state index contributed by atoms with van der Waals surface area (Å²) >= 11 is 3.44. The lowest BCUT2D eigenvalue weighted by Gasteiger charge is -2.23. The lowest BCUT2D eigenvalue weighted by atomic mass is 9.93. The van der Waals surface area contributed by atoms with Crippen LogP contribution < -0.4 is 16.2 Å². The van der Waals surface area contributed by atoms with Crippen molar-refractivity contribution in [3.8, 4) is 5.75 Å². The van der Waals surface area contributed by atoms with Gasteiger partial charge in [0.1, 0.15) is 5.75 Å². The summed E-state index contributed by atoms with van der Waals surface area (Å²) in [6.45, 7) is 3.96. The molecular weight excluding hydrogens is 268 g/mol. The second kappa shape index (κ2) is 5.17. The van der Waals surface area contributed by atoms with Gasteiger partial charge in [0.05, 0.1) is 11.6 Å². The van der Waals surface area contributed by atoms with Crippen molar-refractivity contribution in [3.05, 3.63) is 28.2 Å². The topological polar surface area (TPSA) is 61.3 Å². The smallest absolute Gasteiger partial charge is 0.133 e. The normalized spacial score (nSPS) is 13.6. The van der Waals surface area contributed by atoms with E-state index in [9.17, 15) is 0 Å². The standard InChI is InChI=1S/C12H19BrN2O/c1-12(2,15)7-10(14)8-4-5-11(16-3)9(13)6-8/h4-6,10H,7,14-15H2,1-3H3. The Labute approximate surface area is 105 Å². The molecule has 0 radical (unpaired) electrons. The Bertz CT molecular complexity index is 361. The number of benzene rings is 1. The number of hydrogen-bond donors (Lipinski definition) is 2. The van der Waals surface area contributed by atoms with Gasteiger partial charge in [-0.3, -0.25) is 0 Å². The molecule has 90 valence electrons. The van der Waals surface area contributed by atoms with Gasteiger partial charge in [-0.15, -0.1) is 0 Å². The van der Waals surface area contributed by atoms with Gasteiger partial charge >= 0.3 is 0 Å². The van der Waals surface area contributed by atoms with Gasteiger partial charge in [0.2, 0.25) is 0 Å². The zero-order chi connectivity index (χ0) is 12.3. The minimum absolute atomic E-state index is 0.0535. The molecule has 0 saturated heterocycles. The van der Waals surface area contributed by atoms with Crippen LogP contribution in [0.2, 0.25) is 0 Å². The number of halogens is 1. The van der Waals surface area contributed by atoms with E-state index in [4.69, 9.17) is 16.2 Å². The molecular formula is C12H19BrN2O. The van der Waals surface area contributed by atoms with Gasteiger partial charge in [0, 0.05) is 11.6 Å². The highest BCUT2D eigenvalue weighted by atomic mass is 79.9. The van der Waals surface area contributed by atoms with Gasteiger partial charge in [0.25, 0.3) is 0 Å². The fourth-order valence-corrected chi connectivity index (χ4v) is 2.16. The van der Waals surface area contributed by atoms with Gasteiger partial charge in [-0.1, -0.05) is 6.07 Å². The number of rotatable bonds is 4. The van der Waals surface area contributed by atoms with Crippen molar-refractivity contribution >= 4 is 15.9 Å². The lowest BCUT2D eigenvalue weighted by molar-refractivity contribution is 0.410. The van der Waals surface area contributed by atoms with E-state index in [1.54, 1.807) is 7.11 Å². The number of nitrogens with two attached hydrogens (primary N) is 2. The van der Waals surface area contributed by atoms with Gasteiger partial charge in [-0.05, 0) is 53.9 Å². The maximum absolute atomic E-state index is 6.10. The molecule has 0 fully saturated rings. The first kappa shape index (κ1) is 13.5. The Morgan fingerprint density at radius 3 is 2.50 bits per heavy atom. The van der Waals surface area contributed by atoms with Crippen molar-refractivity contribution in [1.29, 1.82) is 0 Å². The largest absolute Gasteiger partial charge is 0.496 e. The first-order valence-corrected chi connectivity index (χ1v) is 6.00. The summed E-state index contributed by atoms with van der Waals surface area (Å²) in [6.07, 6.45) is 0.742. The van der Waals surface area contributed by atoms with Crippen LogP contribution in [-0.4, -0.2) is 12.6 Å². The summed E-state index contributed by atoms with van der Waals surface area (Å²) in [5.41, 5.74) is 12.9. The maximum atomic E-state index is 6.10. The monoisotopic (exact) mass is 286 g/mol. The molecule has 16 heavy (non-hydrogen) atoms. The molecule has 1 atom stereocenters. The third kappa shape index (κ3) is 3.77. The minimum Gasteiger partial charge on any atom is -0.496 e. The summed E-state index contributed by atoms with van der Waals surface area (Å²) < 4.78 is 6.08. The van der Waals surface area contributed by atoms with Crippen LogP contribution in [0.5, 0.6) is 5.75 Å². The Kier molecular flexibility index (Phi) is 4.35. The Morgan fingerprint density at radius 2 is 2.06 bits per heavy atom. The molecule has 4 N–H and O–H groups in total. The lowest BCUT2D eigenvalue weighted by Crippen LogP contribution is -2.35. The van der Waals surface area contributed by atoms with Gasteiger partial charge in [-0.2, -0.15) is 0 Å². The summed E-state index contributed by atoms with van der Waals surface area (Å²) in [5.74, 6) is 0.808. The predicted octanol–water partition coefficient (Wildman–Crippen LogP) is 2.58. The fourth-order valence-electron chi connectivity index (χ4n) is 1.60. The zero-order valence-corrected chi connectivity index (χ0v) is 11.5. The maximum Gasteiger partial charge on any atom is 0.133 e. The summed E-state index contributed by atoms with van der Waals surface area (Å²) in [7, 11) is 1.64. The van der Waals surface area contributed by atoms with E-state index in [0.717, 1.165) is 22.2 Å². The van der Waals surface area contributed by atoms with Crippen molar-refractivity contribution in [3.63, 3.8) is 0 Å². The van der Waals surface area contributed by atoms with Crippen LogP contribution in [0, 0.1) is 0 Å². The van der Waals surface area contributed by atoms with Crippen molar-refractivity contribution in [2.75, 3.05) is 7.11 Å². The number of ether oxygens (including phenoxy) is 1. The molecule has 1 aromatic rings. The van der Waals surface area contributed by atoms with E-state index in [-0.39, 0.29) is 11.6 Å². The van der Waals surface area contributed by atoms with Crippen LogP contribution >= 0.6 is 15.9 Å². The van der Waals surface area contributed by atoms with Crippen LogP contribution in [0.4, 0.5) is 0 Å². The summed E-state index contributed by atoms with van der Waals surface area (Å²) in [5, 5.41) is 0. The van der Waals surface area contributed by atoms with Gasteiger partial charge in [-0.25, -0.2) is 0 Å². The molecule has 1 rings (SSSR count). The average molecular weight is 287 g/mol. The van der Waals surface area contributed by atoms with Crippen molar-refractivity contribution < 1.29 is 4.74 Å². The van der Waals surface area contributed by atoms with E-state index in [2.05, 4.69) is 15.9 Å². The molecule has 0 aliphatic carbocycles. The molecule has 4 heteroatoms. The highest BCUT2D eigenvalue weighted by Gasteiger charge is 2.18. The molecule has 0 aliphatic rings. The minimum atomic E-state index is -0.258. The highest BCUT2D eigenvalue weighted by molar-refractivity contribution is 9.10. The van der Waals surface area contributed by atoms with Gasteiger partial charge < -0.3 is 16.2 Å². The first-order valence-electron chi connectivity index (χ1n) is 5.21. The number of methoxy groups -OCH3 is 1. The van der Waals surface area contributed by atoms with Crippen molar-refractivity contribution in [2.45, 2.75) is 31.8 Å². The van der Waals surface area contributed by atoms with Crippen LogP contribution in [0.25, 0.3) is 0 Å². The third-order valence-electron chi connectivity index (χ3n) is 2.35. The van der Waals surface area contributed by atoms with Gasteiger partial charge in [0.15, 0.2) is 0 Å². The average Bonchev–Trinajstić information content (AvgIpc) is 2.15. The quantitative estimate of drug-likeness (QED) is 0.894. The van der Waals surface area contributed by atoms with E-state index >= 15 is 0 Å². The molecule has 3 nitrogen and oxygen atoms in total. The number of hydrogen-bond acceptors (Lipinski definition) is 3. The van der Waals surface area contributed by atoms with E-state index in [0.29, 0.717) is 0 Å². The van der Waals surface area contributed by atoms with E-state index in [1.807, 2.05) is 32.0 Å². The Hall–Kier alpha value is -0.580. The third-order valence-corrected chi connectivity index (χ3v) is 2.97. The summed E-state index contributed by atoms with van der Waals surface area (Å²) in [4.78, 5) is 0. The van der Waals surface area contributed by atoms with E-state index in [1.165, 1.54) is 0 Å². The second-order valence-corrected chi connectivity index (χ2v) is 5.55. The van der Waals surface area contributed by atoms with E-state index < -0.39 is 0 Å². The summed E-state index contributed by atoms with van der Waals surface area (Å²) in [6, 6.07) is 5.81. The molecule has 0 saturated carbocycles. The molecule has 0 amide bonds. The van der Waals surface area contributed by atoms with Crippen molar-refractivity contribution in [1.82, 2.24) is 0 Å². The molecule has 0 aliphatic heterocycles. The van der Waals surface area contributed by atoms with Crippen LogP contribution in [0.3, 0.4) is 0 Å². The van der Waals surface area contributed by atoms with Crippen LogP contribution in [0.1, 0.15) is 31.9 Å². The highest BCUT2D eigenvalue weighted by Crippen LogP contribution is 2.29.